The maximum absolute atomic E-state index is 13.7. The Morgan fingerprint density at radius 3 is 1.92 bits per heavy atom. The van der Waals surface area contributed by atoms with Crippen LogP contribution in [0.3, 0.4) is 0 Å². The van der Waals surface area contributed by atoms with Gasteiger partial charge in [-0.25, -0.2) is 8.42 Å². The monoisotopic (exact) mass is 518 g/mol. The minimum absolute atomic E-state index is 0.0824. The van der Waals surface area contributed by atoms with Crippen LogP contribution >= 0.6 is 11.6 Å². The van der Waals surface area contributed by atoms with E-state index in [2.05, 4.69) is 5.32 Å². The molecule has 0 aliphatic heterocycles. The quantitative estimate of drug-likeness (QED) is 0.308. The van der Waals surface area contributed by atoms with Gasteiger partial charge in [-0.15, -0.1) is 0 Å². The van der Waals surface area contributed by atoms with Crippen LogP contribution < -0.4 is 9.62 Å². The van der Waals surface area contributed by atoms with Gasteiger partial charge in [0.2, 0.25) is 5.91 Å². The van der Waals surface area contributed by atoms with Crippen molar-refractivity contribution >= 4 is 33.2 Å². The Balaban J connectivity index is 1.69. The average Bonchev–Trinajstić information content (AvgIpc) is 2.88. The number of amides is 1. The van der Waals surface area contributed by atoms with Crippen LogP contribution in [-0.2, 0) is 14.8 Å². The molecule has 0 heterocycles. The predicted octanol–water partition coefficient (Wildman–Crippen LogP) is 6.06. The number of nitrogens with zero attached hydrogens (tertiary/aromatic N) is 1. The molecule has 1 atom stereocenters. The van der Waals surface area contributed by atoms with Gasteiger partial charge in [-0.05, 0) is 49.2 Å². The van der Waals surface area contributed by atoms with Crippen molar-refractivity contribution in [3.8, 4) is 0 Å². The summed E-state index contributed by atoms with van der Waals surface area (Å²) in [4.78, 5) is 13.5. The second-order valence-electron chi connectivity index (χ2n) is 8.60. The van der Waals surface area contributed by atoms with Gasteiger partial charge in [-0.1, -0.05) is 102 Å². The average molecular weight is 519 g/mol. The van der Waals surface area contributed by atoms with Crippen LogP contribution in [0, 0.1) is 13.8 Å². The minimum atomic E-state index is -4.07. The molecule has 0 saturated carbocycles. The number of hydrogen-bond acceptors (Lipinski definition) is 3. The summed E-state index contributed by atoms with van der Waals surface area (Å²) in [7, 11) is -4.07. The van der Waals surface area contributed by atoms with Crippen molar-refractivity contribution in [1.29, 1.82) is 0 Å². The van der Waals surface area contributed by atoms with E-state index in [4.69, 9.17) is 11.6 Å². The van der Waals surface area contributed by atoms with Crippen molar-refractivity contribution in [2.45, 2.75) is 24.8 Å². The van der Waals surface area contributed by atoms with Gasteiger partial charge in [0.15, 0.2) is 0 Å². The van der Waals surface area contributed by atoms with Crippen molar-refractivity contribution in [1.82, 2.24) is 5.32 Å². The highest BCUT2D eigenvalue weighted by molar-refractivity contribution is 7.92. The molecule has 0 aliphatic rings. The Morgan fingerprint density at radius 2 is 1.31 bits per heavy atom. The number of rotatable bonds is 8. The number of carbonyl (C=O) groups is 1. The zero-order valence-corrected chi connectivity index (χ0v) is 21.6. The number of anilines is 1. The summed E-state index contributed by atoms with van der Waals surface area (Å²) in [6.07, 6.45) is 0. The van der Waals surface area contributed by atoms with Crippen LogP contribution in [0.4, 0.5) is 5.69 Å². The molecule has 4 aromatic carbocycles. The van der Waals surface area contributed by atoms with E-state index in [9.17, 15) is 13.2 Å². The lowest BCUT2D eigenvalue weighted by Gasteiger charge is -2.27. The van der Waals surface area contributed by atoms with E-state index in [1.54, 1.807) is 36.4 Å². The van der Waals surface area contributed by atoms with Gasteiger partial charge in [0.1, 0.15) is 6.54 Å². The molecule has 0 bridgehead atoms. The topological polar surface area (TPSA) is 66.5 Å². The zero-order chi connectivity index (χ0) is 25.7. The van der Waals surface area contributed by atoms with E-state index >= 15 is 0 Å². The molecule has 4 aromatic rings. The van der Waals surface area contributed by atoms with E-state index in [-0.39, 0.29) is 15.6 Å². The molecule has 0 aromatic heterocycles. The van der Waals surface area contributed by atoms with Crippen LogP contribution in [0.2, 0.25) is 5.02 Å². The SMILES string of the molecule is Cc1ccc(C(NC(=O)CN(c2ccccc2Cl)S(=O)(=O)c2ccc(C)cc2)c2ccccc2)cc1. The van der Waals surface area contributed by atoms with Crippen molar-refractivity contribution in [2.75, 3.05) is 10.8 Å². The third kappa shape index (κ3) is 5.78. The summed E-state index contributed by atoms with van der Waals surface area (Å²) in [5, 5.41) is 3.27. The summed E-state index contributed by atoms with van der Waals surface area (Å²) >= 11 is 6.40. The van der Waals surface area contributed by atoms with Crippen molar-refractivity contribution in [3.63, 3.8) is 0 Å². The molecule has 1 unspecified atom stereocenters. The third-order valence-corrected chi connectivity index (χ3v) is 7.96. The lowest BCUT2D eigenvalue weighted by molar-refractivity contribution is -0.120. The van der Waals surface area contributed by atoms with Crippen LogP contribution in [-0.4, -0.2) is 20.9 Å². The van der Waals surface area contributed by atoms with Crippen molar-refractivity contribution < 1.29 is 13.2 Å². The number of aryl methyl sites for hydroxylation is 2. The summed E-state index contributed by atoms with van der Waals surface area (Å²) in [6, 6.07) is 30.1. The largest absolute Gasteiger partial charge is 0.344 e. The van der Waals surface area contributed by atoms with Gasteiger partial charge in [-0.3, -0.25) is 9.10 Å². The van der Waals surface area contributed by atoms with Gasteiger partial charge in [0.05, 0.1) is 21.6 Å². The molecule has 4 rings (SSSR count). The van der Waals surface area contributed by atoms with Crippen LogP contribution in [0.15, 0.2) is 108 Å². The highest BCUT2D eigenvalue weighted by Gasteiger charge is 2.29. The van der Waals surface area contributed by atoms with Crippen LogP contribution in [0.5, 0.6) is 0 Å². The first-order valence-electron chi connectivity index (χ1n) is 11.5. The number of hydrogen-bond donors (Lipinski definition) is 1. The first-order valence-corrected chi connectivity index (χ1v) is 13.3. The van der Waals surface area contributed by atoms with Gasteiger partial charge >= 0.3 is 0 Å². The summed E-state index contributed by atoms with van der Waals surface area (Å²) in [5.74, 6) is -0.458. The minimum Gasteiger partial charge on any atom is -0.344 e. The van der Waals surface area contributed by atoms with Gasteiger partial charge in [-0.2, -0.15) is 0 Å². The van der Waals surface area contributed by atoms with E-state index in [0.29, 0.717) is 0 Å². The van der Waals surface area contributed by atoms with Crippen molar-refractivity contribution in [3.05, 3.63) is 130 Å². The first-order chi connectivity index (χ1) is 17.3. The highest BCUT2D eigenvalue weighted by atomic mass is 35.5. The molecule has 0 saturated heterocycles. The van der Waals surface area contributed by atoms with Gasteiger partial charge in [0.25, 0.3) is 10.0 Å². The molecule has 0 aliphatic carbocycles. The zero-order valence-electron chi connectivity index (χ0n) is 20.1. The molecule has 1 amide bonds. The van der Waals surface area contributed by atoms with E-state index in [1.807, 2.05) is 68.4 Å². The molecule has 1 N–H and O–H groups in total. The maximum Gasteiger partial charge on any atom is 0.264 e. The second kappa shape index (κ2) is 11.0. The fourth-order valence-corrected chi connectivity index (χ4v) is 5.62. The van der Waals surface area contributed by atoms with Crippen LogP contribution in [0.1, 0.15) is 28.3 Å². The van der Waals surface area contributed by atoms with Crippen molar-refractivity contribution in [2.24, 2.45) is 0 Å². The fourth-order valence-electron chi connectivity index (χ4n) is 3.89. The molecule has 5 nitrogen and oxygen atoms in total. The second-order valence-corrected chi connectivity index (χ2v) is 10.9. The summed E-state index contributed by atoms with van der Waals surface area (Å²) < 4.78 is 28.4. The number of halogens is 1. The molecular formula is C29H27ClN2O3S. The third-order valence-electron chi connectivity index (χ3n) is 5.87. The Labute approximate surface area is 217 Å². The Bertz CT molecular complexity index is 1440. The van der Waals surface area contributed by atoms with E-state index in [1.165, 1.54) is 12.1 Å². The van der Waals surface area contributed by atoms with E-state index < -0.39 is 28.5 Å². The lowest BCUT2D eigenvalue weighted by atomic mass is 9.98. The maximum atomic E-state index is 13.7. The Hall–Kier alpha value is -3.61. The smallest absolute Gasteiger partial charge is 0.264 e. The van der Waals surface area contributed by atoms with Crippen LogP contribution in [0.25, 0.3) is 0 Å². The number of para-hydroxylation sites is 1. The van der Waals surface area contributed by atoms with Gasteiger partial charge < -0.3 is 5.32 Å². The molecule has 36 heavy (non-hydrogen) atoms. The lowest BCUT2D eigenvalue weighted by Crippen LogP contribution is -2.42. The number of nitrogens with one attached hydrogen (secondary N) is 1. The summed E-state index contributed by atoms with van der Waals surface area (Å²) in [6.45, 7) is 3.44. The Morgan fingerprint density at radius 1 is 0.778 bits per heavy atom. The number of benzene rings is 4. The molecule has 0 spiro atoms. The summed E-state index contributed by atoms with van der Waals surface area (Å²) in [5.41, 5.74) is 4.05. The molecule has 0 fully saturated rings. The van der Waals surface area contributed by atoms with E-state index in [0.717, 1.165) is 26.6 Å². The normalized spacial score (nSPS) is 12.1. The molecule has 0 radical (unpaired) electrons. The Kier molecular flexibility index (Phi) is 7.77. The highest BCUT2D eigenvalue weighted by Crippen LogP contribution is 2.31. The number of sulfonamides is 1. The molecular weight excluding hydrogens is 492 g/mol. The first kappa shape index (κ1) is 25.5. The predicted molar refractivity (Wildman–Crippen MR) is 145 cm³/mol. The standard InChI is InChI=1S/C29H27ClN2O3S/c1-21-12-16-24(17-13-21)29(23-8-4-3-5-9-23)31-28(33)20-32(27-11-7-6-10-26(27)30)36(34,35)25-18-14-22(2)15-19-25/h3-19,29H,20H2,1-2H3,(H,31,33). The number of carbonyl (C=O) groups excluding carboxylic acids is 1. The van der Waals surface area contributed by atoms with Gasteiger partial charge in [0, 0.05) is 0 Å². The molecule has 7 heteroatoms. The fraction of sp³-hybridized carbons (Fsp3) is 0.138. The molecule has 184 valence electrons.